The predicted molar refractivity (Wildman–Crippen MR) is 90.8 cm³/mol. The molecule has 1 amide bonds. The average Bonchev–Trinajstić information content (AvgIpc) is 2.59. The number of rotatable bonds is 5. The number of aromatic amines is 1. The van der Waals surface area contributed by atoms with Gasteiger partial charge >= 0.3 is 0 Å². The van der Waals surface area contributed by atoms with Gasteiger partial charge in [0.15, 0.2) is 0 Å². The van der Waals surface area contributed by atoms with Crippen molar-refractivity contribution < 1.29 is 4.79 Å². The molecule has 23 heavy (non-hydrogen) atoms. The van der Waals surface area contributed by atoms with Gasteiger partial charge in [-0.25, -0.2) is 0 Å². The summed E-state index contributed by atoms with van der Waals surface area (Å²) < 4.78 is 0. The minimum absolute atomic E-state index is 0.172. The lowest BCUT2D eigenvalue weighted by Gasteiger charge is -2.27. The minimum atomic E-state index is -0.344. The van der Waals surface area contributed by atoms with Crippen LogP contribution in [0.1, 0.15) is 16.8 Å². The Morgan fingerprint density at radius 1 is 1.22 bits per heavy atom. The molecule has 1 aromatic heterocycles. The number of hydrogen-bond acceptors (Lipinski definition) is 4. The highest BCUT2D eigenvalue weighted by molar-refractivity contribution is 5.97. The van der Waals surface area contributed by atoms with Crippen molar-refractivity contribution in [2.75, 3.05) is 39.3 Å². The van der Waals surface area contributed by atoms with Crippen LogP contribution in [-0.2, 0) is 0 Å². The molecule has 1 saturated heterocycles. The molecule has 3 rings (SSSR count). The van der Waals surface area contributed by atoms with Crippen LogP contribution in [0.3, 0.4) is 0 Å². The van der Waals surface area contributed by atoms with E-state index in [1.54, 1.807) is 6.07 Å². The second-order valence-electron chi connectivity index (χ2n) is 5.80. The van der Waals surface area contributed by atoms with Gasteiger partial charge in [-0.2, -0.15) is 0 Å². The van der Waals surface area contributed by atoms with Crippen molar-refractivity contribution in [1.29, 1.82) is 0 Å². The molecule has 1 fully saturated rings. The van der Waals surface area contributed by atoms with Crippen molar-refractivity contribution in [3.8, 4) is 0 Å². The quantitative estimate of drug-likeness (QED) is 0.705. The van der Waals surface area contributed by atoms with Crippen LogP contribution >= 0.6 is 0 Å². The number of nitrogens with one attached hydrogen (secondary N) is 3. The number of aromatic nitrogens is 1. The Morgan fingerprint density at radius 3 is 2.83 bits per heavy atom. The summed E-state index contributed by atoms with van der Waals surface area (Å²) in [6.45, 7) is 5.71. The van der Waals surface area contributed by atoms with E-state index in [1.165, 1.54) is 0 Å². The third-order valence-electron chi connectivity index (χ3n) is 4.14. The van der Waals surface area contributed by atoms with Gasteiger partial charge in [-0.3, -0.25) is 9.59 Å². The maximum absolute atomic E-state index is 12.2. The Hall–Kier alpha value is -2.18. The largest absolute Gasteiger partial charge is 0.352 e. The highest BCUT2D eigenvalue weighted by atomic mass is 16.2. The van der Waals surface area contributed by atoms with Gasteiger partial charge in [0.2, 0.25) is 0 Å². The highest BCUT2D eigenvalue weighted by Crippen LogP contribution is 2.09. The number of nitrogens with zero attached hydrogens (tertiary/aromatic N) is 1. The van der Waals surface area contributed by atoms with E-state index in [0.717, 1.165) is 50.0 Å². The molecule has 0 atom stereocenters. The van der Waals surface area contributed by atoms with Crippen LogP contribution in [0.2, 0.25) is 0 Å². The topological polar surface area (TPSA) is 77.2 Å². The number of pyridine rings is 1. The highest BCUT2D eigenvalue weighted by Gasteiger charge is 2.12. The molecular weight excluding hydrogens is 292 g/mol. The fourth-order valence-electron chi connectivity index (χ4n) is 2.85. The maximum Gasteiger partial charge on any atom is 0.261 e. The number of piperazine rings is 1. The molecule has 0 aliphatic carbocycles. The zero-order valence-electron chi connectivity index (χ0n) is 13.1. The van der Waals surface area contributed by atoms with Gasteiger partial charge in [-0.05, 0) is 30.5 Å². The Labute approximate surface area is 134 Å². The normalized spacial score (nSPS) is 15.7. The SMILES string of the molecule is O=C(NCCCN1CCNCC1)c1cc2ccccc2[nH]c1=O. The summed E-state index contributed by atoms with van der Waals surface area (Å²) in [6, 6.07) is 9.10. The Morgan fingerprint density at radius 2 is 2.00 bits per heavy atom. The van der Waals surface area contributed by atoms with Crippen molar-refractivity contribution in [2.24, 2.45) is 0 Å². The van der Waals surface area contributed by atoms with Crippen LogP contribution in [0.15, 0.2) is 35.1 Å². The van der Waals surface area contributed by atoms with Crippen molar-refractivity contribution >= 4 is 16.8 Å². The van der Waals surface area contributed by atoms with Crippen LogP contribution in [0.25, 0.3) is 10.9 Å². The Kier molecular flexibility index (Phi) is 5.05. The number of fused-ring (bicyclic) bond motifs is 1. The second kappa shape index (κ2) is 7.39. The average molecular weight is 314 g/mol. The van der Waals surface area contributed by atoms with Crippen molar-refractivity contribution in [3.05, 3.63) is 46.2 Å². The molecule has 3 N–H and O–H groups in total. The number of carbonyl (C=O) groups is 1. The summed E-state index contributed by atoms with van der Waals surface area (Å²) >= 11 is 0. The predicted octanol–water partition coefficient (Wildman–Crippen LogP) is 0.553. The molecular formula is C17H22N4O2. The summed E-state index contributed by atoms with van der Waals surface area (Å²) in [4.78, 5) is 29.4. The van der Waals surface area contributed by atoms with Gasteiger partial charge in [0, 0.05) is 38.2 Å². The van der Waals surface area contributed by atoms with Crippen LogP contribution in [0, 0.1) is 0 Å². The summed E-state index contributed by atoms with van der Waals surface area (Å²) in [5.74, 6) is -0.308. The maximum atomic E-state index is 12.2. The number of hydrogen-bond donors (Lipinski definition) is 3. The van der Waals surface area contributed by atoms with E-state index in [9.17, 15) is 9.59 Å². The van der Waals surface area contributed by atoms with Crippen molar-refractivity contribution in [3.63, 3.8) is 0 Å². The standard InChI is InChI=1S/C17H22N4O2/c22-16(19-6-3-9-21-10-7-18-8-11-21)14-12-13-4-1-2-5-15(13)20-17(14)23/h1-2,4-5,12,18H,3,6-11H2,(H,19,22)(H,20,23). The smallest absolute Gasteiger partial charge is 0.261 e. The zero-order chi connectivity index (χ0) is 16.1. The molecule has 0 unspecified atom stereocenters. The first-order valence-electron chi connectivity index (χ1n) is 8.07. The molecule has 1 aliphatic heterocycles. The van der Waals surface area contributed by atoms with E-state index in [0.29, 0.717) is 6.54 Å². The van der Waals surface area contributed by atoms with E-state index in [1.807, 2.05) is 24.3 Å². The van der Waals surface area contributed by atoms with Crippen LogP contribution < -0.4 is 16.2 Å². The third-order valence-corrected chi connectivity index (χ3v) is 4.14. The molecule has 2 aromatic rings. The number of amides is 1. The molecule has 0 spiro atoms. The molecule has 122 valence electrons. The van der Waals surface area contributed by atoms with Gasteiger partial charge in [0.1, 0.15) is 5.56 Å². The number of H-pyrrole nitrogens is 1. The van der Waals surface area contributed by atoms with Crippen molar-refractivity contribution in [1.82, 2.24) is 20.5 Å². The first-order chi connectivity index (χ1) is 11.2. The number of carbonyl (C=O) groups excluding carboxylic acids is 1. The van der Waals surface area contributed by atoms with Crippen molar-refractivity contribution in [2.45, 2.75) is 6.42 Å². The van der Waals surface area contributed by atoms with E-state index in [4.69, 9.17) is 0 Å². The minimum Gasteiger partial charge on any atom is -0.352 e. The lowest BCUT2D eigenvalue weighted by atomic mass is 10.1. The first-order valence-corrected chi connectivity index (χ1v) is 8.07. The summed E-state index contributed by atoms with van der Waals surface area (Å²) in [5, 5.41) is 7.02. The number of benzene rings is 1. The zero-order valence-corrected chi connectivity index (χ0v) is 13.1. The fourth-order valence-corrected chi connectivity index (χ4v) is 2.85. The van der Waals surface area contributed by atoms with Gasteiger partial charge in [0.25, 0.3) is 11.5 Å². The fraction of sp³-hybridized carbons (Fsp3) is 0.412. The second-order valence-corrected chi connectivity index (χ2v) is 5.80. The van der Waals surface area contributed by atoms with Gasteiger partial charge in [0.05, 0.1) is 0 Å². The summed E-state index contributed by atoms with van der Waals surface area (Å²) in [6.07, 6.45) is 0.886. The molecule has 2 heterocycles. The van der Waals surface area contributed by atoms with Crippen LogP contribution in [-0.4, -0.2) is 55.1 Å². The summed E-state index contributed by atoms with van der Waals surface area (Å²) in [7, 11) is 0. The van der Waals surface area contributed by atoms with E-state index < -0.39 is 0 Å². The Balaban J connectivity index is 1.55. The van der Waals surface area contributed by atoms with E-state index in [-0.39, 0.29) is 17.0 Å². The lowest BCUT2D eigenvalue weighted by Crippen LogP contribution is -2.44. The number of para-hydroxylation sites is 1. The molecule has 6 heteroatoms. The molecule has 6 nitrogen and oxygen atoms in total. The molecule has 0 radical (unpaired) electrons. The molecule has 0 saturated carbocycles. The molecule has 1 aliphatic rings. The van der Waals surface area contributed by atoms with Gasteiger partial charge in [-0.1, -0.05) is 18.2 Å². The van der Waals surface area contributed by atoms with E-state index >= 15 is 0 Å². The first kappa shape index (κ1) is 15.7. The molecule has 1 aromatic carbocycles. The third kappa shape index (κ3) is 3.97. The van der Waals surface area contributed by atoms with Gasteiger partial charge < -0.3 is 20.5 Å². The molecule has 0 bridgehead atoms. The lowest BCUT2D eigenvalue weighted by molar-refractivity contribution is 0.0950. The van der Waals surface area contributed by atoms with E-state index in [2.05, 4.69) is 20.5 Å². The monoisotopic (exact) mass is 314 g/mol. The van der Waals surface area contributed by atoms with Crippen LogP contribution in [0.4, 0.5) is 0 Å². The van der Waals surface area contributed by atoms with Crippen LogP contribution in [0.5, 0.6) is 0 Å². The van der Waals surface area contributed by atoms with Gasteiger partial charge in [-0.15, -0.1) is 0 Å². The summed E-state index contributed by atoms with van der Waals surface area (Å²) in [5.41, 5.74) is 0.571. The Bertz CT molecular complexity index is 735.